The number of amides is 2. The van der Waals surface area contributed by atoms with Gasteiger partial charge in [0.05, 0.1) is 10.6 Å². The number of likely N-dealkylation sites (tertiary alicyclic amines) is 1. The average Bonchev–Trinajstić information content (AvgIpc) is 3.32. The zero-order chi connectivity index (χ0) is 26.2. The lowest BCUT2D eigenvalue weighted by Gasteiger charge is -2.39. The summed E-state index contributed by atoms with van der Waals surface area (Å²) in [5.41, 5.74) is 4.57. The van der Waals surface area contributed by atoms with Crippen LogP contribution in [0, 0.1) is 6.92 Å². The molecule has 0 spiro atoms. The van der Waals surface area contributed by atoms with E-state index < -0.39 is 15.9 Å². The Kier molecular flexibility index (Phi) is 6.61. The van der Waals surface area contributed by atoms with Crippen LogP contribution < -0.4 is 5.32 Å². The predicted molar refractivity (Wildman–Crippen MR) is 143 cm³/mol. The molecule has 0 radical (unpaired) electrons. The van der Waals surface area contributed by atoms with Crippen LogP contribution in [0.5, 0.6) is 0 Å². The van der Waals surface area contributed by atoms with Crippen molar-refractivity contribution in [2.45, 2.75) is 24.3 Å². The molecule has 2 aromatic carbocycles. The molecular weight excluding hydrogens is 508 g/mol. The second kappa shape index (κ2) is 9.87. The first kappa shape index (κ1) is 24.8. The molecule has 1 aliphatic heterocycles. The van der Waals surface area contributed by atoms with Crippen LogP contribution in [-0.2, 0) is 14.6 Å². The molecule has 1 fully saturated rings. The molecule has 1 aliphatic rings. The molecule has 0 bridgehead atoms. The minimum Gasteiger partial charge on any atom is -0.326 e. The second-order valence-corrected chi connectivity index (χ2v) is 11.7. The number of aromatic nitrogens is 2. The molecule has 5 rings (SSSR count). The minimum atomic E-state index is -3.47. The van der Waals surface area contributed by atoms with E-state index in [-0.39, 0.29) is 22.3 Å². The molecule has 4 aromatic rings. The summed E-state index contributed by atoms with van der Waals surface area (Å²) >= 11 is 1.32. The first-order chi connectivity index (χ1) is 17.7. The Morgan fingerprint density at radius 2 is 1.78 bits per heavy atom. The number of carbonyl (C=O) groups is 2. The summed E-state index contributed by atoms with van der Waals surface area (Å²) in [6.07, 6.45) is 5.13. The molecule has 1 N–H and O–H groups in total. The van der Waals surface area contributed by atoms with Crippen LogP contribution in [0.4, 0.5) is 5.13 Å². The number of sulfone groups is 1. The number of nitrogens with one attached hydrogen (secondary N) is 1. The predicted octanol–water partition coefficient (Wildman–Crippen LogP) is 4.44. The third-order valence-electron chi connectivity index (χ3n) is 6.32. The number of hydrogen-bond acceptors (Lipinski definition) is 7. The normalized spacial score (nSPS) is 15.2. The number of hydrogen-bond donors (Lipinski definition) is 1. The maximum Gasteiger partial charge on any atom is 0.254 e. The van der Waals surface area contributed by atoms with Crippen LogP contribution in [0.3, 0.4) is 0 Å². The van der Waals surface area contributed by atoms with Gasteiger partial charge in [0, 0.05) is 41.7 Å². The number of carbonyl (C=O) groups excluding carboxylic acids is 2. The van der Waals surface area contributed by atoms with Crippen molar-refractivity contribution in [1.29, 1.82) is 0 Å². The number of pyridine rings is 1. The van der Waals surface area contributed by atoms with Crippen molar-refractivity contribution in [3.63, 3.8) is 0 Å². The maximum atomic E-state index is 13.1. The Morgan fingerprint density at radius 1 is 1.03 bits per heavy atom. The van der Waals surface area contributed by atoms with Gasteiger partial charge in [-0.3, -0.25) is 14.6 Å². The quantitative estimate of drug-likeness (QED) is 0.393. The van der Waals surface area contributed by atoms with Crippen molar-refractivity contribution in [3.05, 3.63) is 83.5 Å². The lowest BCUT2D eigenvalue weighted by atomic mass is 10.00. The van der Waals surface area contributed by atoms with E-state index >= 15 is 0 Å². The first-order valence-electron chi connectivity index (χ1n) is 11.6. The monoisotopic (exact) mass is 532 g/mol. The molecule has 188 valence electrons. The molecule has 8 nitrogen and oxygen atoms in total. The van der Waals surface area contributed by atoms with Crippen LogP contribution in [-0.4, -0.2) is 53.9 Å². The summed E-state index contributed by atoms with van der Waals surface area (Å²) in [6, 6.07) is 15.8. The number of rotatable bonds is 6. The van der Waals surface area contributed by atoms with Crippen LogP contribution in [0.2, 0.25) is 0 Å². The fraction of sp³-hybridized carbons (Fsp3) is 0.185. The molecule has 0 saturated carbocycles. The van der Waals surface area contributed by atoms with Gasteiger partial charge in [-0.1, -0.05) is 24.3 Å². The molecule has 3 heterocycles. The van der Waals surface area contributed by atoms with E-state index in [4.69, 9.17) is 0 Å². The minimum absolute atomic E-state index is 0.114. The summed E-state index contributed by atoms with van der Waals surface area (Å²) in [5.74, 6) is -0.689. The highest BCUT2D eigenvalue weighted by Crippen LogP contribution is 2.30. The van der Waals surface area contributed by atoms with E-state index in [1.54, 1.807) is 31.5 Å². The molecule has 37 heavy (non-hydrogen) atoms. The van der Waals surface area contributed by atoms with Gasteiger partial charge in [0.25, 0.3) is 5.91 Å². The van der Waals surface area contributed by atoms with Crippen LogP contribution >= 0.6 is 11.3 Å². The summed E-state index contributed by atoms with van der Waals surface area (Å²) in [6.45, 7) is 2.10. The summed E-state index contributed by atoms with van der Waals surface area (Å²) in [7, 11) is -3.47. The molecule has 0 aliphatic carbocycles. The van der Waals surface area contributed by atoms with E-state index in [0.29, 0.717) is 23.7 Å². The third-order valence-corrected chi connectivity index (χ3v) is 8.32. The van der Waals surface area contributed by atoms with Crippen LogP contribution in [0.1, 0.15) is 22.3 Å². The van der Waals surface area contributed by atoms with Gasteiger partial charge in [-0.05, 0) is 60.4 Å². The largest absolute Gasteiger partial charge is 0.326 e. The molecule has 0 unspecified atom stereocenters. The van der Waals surface area contributed by atoms with Gasteiger partial charge >= 0.3 is 0 Å². The highest BCUT2D eigenvalue weighted by molar-refractivity contribution is 7.90. The highest BCUT2D eigenvalue weighted by atomic mass is 32.2. The van der Waals surface area contributed by atoms with Crippen molar-refractivity contribution in [2.24, 2.45) is 0 Å². The Hall–Kier alpha value is -3.89. The Labute approximate surface area is 218 Å². The Morgan fingerprint density at radius 3 is 2.49 bits per heavy atom. The van der Waals surface area contributed by atoms with Gasteiger partial charge in [0.2, 0.25) is 5.91 Å². The molecule has 2 aromatic heterocycles. The number of nitrogens with zero attached hydrogens (tertiary/aromatic N) is 3. The average molecular weight is 533 g/mol. The molecular formula is C27H24N4O4S2. The van der Waals surface area contributed by atoms with E-state index in [0.717, 1.165) is 28.6 Å². The zero-order valence-electron chi connectivity index (χ0n) is 20.2. The van der Waals surface area contributed by atoms with Crippen LogP contribution in [0.25, 0.3) is 22.4 Å². The smallest absolute Gasteiger partial charge is 0.254 e. The van der Waals surface area contributed by atoms with Gasteiger partial charge < -0.3 is 10.2 Å². The van der Waals surface area contributed by atoms with Gasteiger partial charge in [0.15, 0.2) is 15.0 Å². The molecule has 1 atom stereocenters. The summed E-state index contributed by atoms with van der Waals surface area (Å²) in [5, 5.41) is 5.16. The van der Waals surface area contributed by atoms with E-state index in [2.05, 4.69) is 15.3 Å². The second-order valence-electron chi connectivity index (χ2n) is 8.90. The summed E-state index contributed by atoms with van der Waals surface area (Å²) < 4.78 is 24.1. The van der Waals surface area contributed by atoms with E-state index in [1.165, 1.54) is 22.3 Å². The van der Waals surface area contributed by atoms with Gasteiger partial charge in [0.1, 0.15) is 6.04 Å². The third kappa shape index (κ3) is 5.16. The molecule has 2 amide bonds. The fourth-order valence-corrected chi connectivity index (χ4v) is 5.97. The van der Waals surface area contributed by atoms with Gasteiger partial charge in [-0.15, -0.1) is 11.3 Å². The lowest BCUT2D eigenvalue weighted by Crippen LogP contribution is -2.56. The van der Waals surface area contributed by atoms with Crippen LogP contribution in [0.15, 0.2) is 77.3 Å². The van der Waals surface area contributed by atoms with Crippen molar-refractivity contribution in [3.8, 4) is 22.4 Å². The standard InChI is InChI=1S/C27H24N4O4S2/c1-17-6-7-21(15-24(17)37(2,34)35)26(33)31-13-10-23(31)25(32)30-27-29-22(16-36-27)20-5-3-4-19(14-20)18-8-11-28-12-9-18/h3-9,11-12,14-16,23H,10,13H2,1-2H3,(H,29,30,32)/t23-/m0/s1. The lowest BCUT2D eigenvalue weighted by molar-refractivity contribution is -0.123. The van der Waals surface area contributed by atoms with E-state index in [9.17, 15) is 18.0 Å². The van der Waals surface area contributed by atoms with Crippen molar-refractivity contribution in [2.75, 3.05) is 18.1 Å². The summed E-state index contributed by atoms with van der Waals surface area (Å²) in [4.78, 5) is 36.2. The highest BCUT2D eigenvalue weighted by Gasteiger charge is 2.38. The maximum absolute atomic E-state index is 13.1. The Balaban J connectivity index is 1.28. The number of thiazole rings is 1. The fourth-order valence-electron chi connectivity index (χ4n) is 4.26. The number of benzene rings is 2. The zero-order valence-corrected chi connectivity index (χ0v) is 21.8. The van der Waals surface area contributed by atoms with Crippen molar-refractivity contribution < 1.29 is 18.0 Å². The van der Waals surface area contributed by atoms with Gasteiger partial charge in [-0.25, -0.2) is 13.4 Å². The molecule has 10 heteroatoms. The topological polar surface area (TPSA) is 109 Å². The number of aryl methyl sites for hydroxylation is 1. The molecule has 1 saturated heterocycles. The van der Waals surface area contributed by atoms with Crippen molar-refractivity contribution in [1.82, 2.24) is 14.9 Å². The first-order valence-corrected chi connectivity index (χ1v) is 14.4. The SMILES string of the molecule is Cc1ccc(C(=O)N2CC[C@H]2C(=O)Nc2nc(-c3cccc(-c4ccncc4)c3)cs2)cc1S(C)(=O)=O. The van der Waals surface area contributed by atoms with Crippen molar-refractivity contribution >= 4 is 38.1 Å². The van der Waals surface area contributed by atoms with E-state index in [1.807, 2.05) is 41.8 Å². The Bertz CT molecular complexity index is 1600. The van der Waals surface area contributed by atoms with Gasteiger partial charge in [-0.2, -0.15) is 0 Å². The number of anilines is 1.